The van der Waals surface area contributed by atoms with E-state index in [4.69, 9.17) is 5.73 Å². The van der Waals surface area contributed by atoms with E-state index >= 15 is 0 Å². The number of hydrogen-bond acceptors (Lipinski definition) is 1. The molecule has 2 heteroatoms. The molecule has 0 aliphatic heterocycles. The summed E-state index contributed by atoms with van der Waals surface area (Å²) in [6.45, 7) is 4.22. The van der Waals surface area contributed by atoms with Gasteiger partial charge in [0.1, 0.15) is 0 Å². The van der Waals surface area contributed by atoms with Crippen LogP contribution in [0.2, 0.25) is 0 Å². The Kier molecular flexibility index (Phi) is 2.78. The van der Waals surface area contributed by atoms with Crippen molar-refractivity contribution in [1.29, 1.82) is 0 Å². The second-order valence-electron chi connectivity index (χ2n) is 4.21. The molecule has 0 amide bonds. The molecule has 2 nitrogen and oxygen atoms in total. The van der Waals surface area contributed by atoms with Crippen LogP contribution in [0.1, 0.15) is 25.1 Å². The molecule has 1 aromatic carbocycles. The minimum Gasteiger partial charge on any atom is -0.358 e. The Morgan fingerprint density at radius 1 is 1.40 bits per heavy atom. The third kappa shape index (κ3) is 2.05. The number of benzene rings is 1. The first kappa shape index (κ1) is 10.2. The molecule has 1 unspecified atom stereocenters. The molecular formula is C13H18N2. The lowest BCUT2D eigenvalue weighted by atomic mass is 10.1. The number of aromatic amines is 1. The van der Waals surface area contributed by atoms with E-state index < -0.39 is 0 Å². The Morgan fingerprint density at radius 3 is 2.87 bits per heavy atom. The van der Waals surface area contributed by atoms with Crippen LogP contribution in [0.3, 0.4) is 0 Å². The molecule has 15 heavy (non-hydrogen) atoms. The van der Waals surface area contributed by atoms with Crippen molar-refractivity contribution in [2.45, 2.75) is 32.7 Å². The van der Waals surface area contributed by atoms with Gasteiger partial charge in [0.25, 0.3) is 0 Å². The largest absolute Gasteiger partial charge is 0.358 e. The molecular weight excluding hydrogens is 184 g/mol. The third-order valence-electron chi connectivity index (χ3n) is 2.72. The highest BCUT2D eigenvalue weighted by Crippen LogP contribution is 2.20. The molecule has 1 aromatic heterocycles. The standard InChI is InChI=1S/C13H18N2/c1-3-10-5-4-6-11-8-12(7-9(2)14)15-13(10)11/h4-6,8-9,15H,3,7,14H2,1-2H3. The van der Waals surface area contributed by atoms with E-state index in [1.165, 1.54) is 22.2 Å². The third-order valence-corrected chi connectivity index (χ3v) is 2.72. The van der Waals surface area contributed by atoms with Gasteiger partial charge in [-0.15, -0.1) is 0 Å². The fourth-order valence-electron chi connectivity index (χ4n) is 2.03. The average Bonchev–Trinajstić information content (AvgIpc) is 2.58. The van der Waals surface area contributed by atoms with E-state index in [2.05, 4.69) is 36.2 Å². The number of nitrogens with one attached hydrogen (secondary N) is 1. The Hall–Kier alpha value is -1.28. The molecule has 0 fully saturated rings. The number of rotatable bonds is 3. The van der Waals surface area contributed by atoms with E-state index in [0.29, 0.717) is 0 Å². The molecule has 0 aliphatic carbocycles. The summed E-state index contributed by atoms with van der Waals surface area (Å²) >= 11 is 0. The van der Waals surface area contributed by atoms with Crippen molar-refractivity contribution < 1.29 is 0 Å². The topological polar surface area (TPSA) is 41.8 Å². The maximum atomic E-state index is 5.80. The van der Waals surface area contributed by atoms with Crippen molar-refractivity contribution in [1.82, 2.24) is 4.98 Å². The molecule has 0 spiro atoms. The Balaban J connectivity index is 2.45. The number of H-pyrrole nitrogens is 1. The highest BCUT2D eigenvalue weighted by Gasteiger charge is 2.05. The zero-order chi connectivity index (χ0) is 10.8. The summed E-state index contributed by atoms with van der Waals surface area (Å²) in [5, 5.41) is 1.30. The minimum absolute atomic E-state index is 0.211. The predicted octanol–water partition coefficient (Wildman–Crippen LogP) is 2.62. The number of hydrogen-bond donors (Lipinski definition) is 2. The van der Waals surface area contributed by atoms with Crippen LogP contribution >= 0.6 is 0 Å². The van der Waals surface area contributed by atoms with Gasteiger partial charge in [-0.3, -0.25) is 0 Å². The van der Waals surface area contributed by atoms with Crippen molar-refractivity contribution in [2.24, 2.45) is 5.73 Å². The molecule has 0 radical (unpaired) electrons. The summed E-state index contributed by atoms with van der Waals surface area (Å²) in [7, 11) is 0. The van der Waals surface area contributed by atoms with Gasteiger partial charge in [0.2, 0.25) is 0 Å². The molecule has 0 aliphatic rings. The molecule has 2 rings (SSSR count). The van der Waals surface area contributed by atoms with Crippen LogP contribution in [0, 0.1) is 0 Å². The van der Waals surface area contributed by atoms with Gasteiger partial charge >= 0.3 is 0 Å². The quantitative estimate of drug-likeness (QED) is 0.789. The van der Waals surface area contributed by atoms with E-state index in [0.717, 1.165) is 12.8 Å². The summed E-state index contributed by atoms with van der Waals surface area (Å²) in [4.78, 5) is 3.47. The summed E-state index contributed by atoms with van der Waals surface area (Å²) in [5.74, 6) is 0. The highest BCUT2D eigenvalue weighted by molar-refractivity contribution is 5.83. The normalized spacial score (nSPS) is 13.3. The van der Waals surface area contributed by atoms with E-state index in [1.54, 1.807) is 0 Å². The van der Waals surface area contributed by atoms with Gasteiger partial charge < -0.3 is 10.7 Å². The Labute approximate surface area is 90.5 Å². The van der Waals surface area contributed by atoms with Crippen molar-refractivity contribution >= 4 is 10.9 Å². The van der Waals surface area contributed by atoms with Crippen LogP contribution < -0.4 is 5.73 Å². The molecule has 1 atom stereocenters. The first-order valence-corrected chi connectivity index (χ1v) is 5.55. The lowest BCUT2D eigenvalue weighted by molar-refractivity contribution is 0.727. The summed E-state index contributed by atoms with van der Waals surface area (Å²) in [6, 6.07) is 8.86. The molecule has 2 aromatic rings. The fraction of sp³-hybridized carbons (Fsp3) is 0.385. The van der Waals surface area contributed by atoms with Crippen LogP contribution in [0.5, 0.6) is 0 Å². The lowest BCUT2D eigenvalue weighted by Crippen LogP contribution is -2.17. The van der Waals surface area contributed by atoms with Gasteiger partial charge in [0, 0.05) is 23.7 Å². The molecule has 0 bridgehead atoms. The van der Waals surface area contributed by atoms with Crippen molar-refractivity contribution in [3.05, 3.63) is 35.5 Å². The minimum atomic E-state index is 0.211. The maximum absolute atomic E-state index is 5.80. The molecule has 0 saturated heterocycles. The number of para-hydroxylation sites is 1. The van der Waals surface area contributed by atoms with Gasteiger partial charge in [-0.25, -0.2) is 0 Å². The monoisotopic (exact) mass is 202 g/mol. The van der Waals surface area contributed by atoms with Gasteiger partial charge in [-0.2, -0.15) is 0 Å². The van der Waals surface area contributed by atoms with Crippen LogP contribution in [0.4, 0.5) is 0 Å². The molecule has 1 heterocycles. The van der Waals surface area contributed by atoms with Gasteiger partial charge in [-0.05, 0) is 30.4 Å². The van der Waals surface area contributed by atoms with Gasteiger partial charge in [0.15, 0.2) is 0 Å². The molecule has 80 valence electrons. The highest BCUT2D eigenvalue weighted by atomic mass is 14.7. The average molecular weight is 202 g/mol. The zero-order valence-corrected chi connectivity index (χ0v) is 9.38. The number of nitrogens with two attached hydrogens (primary N) is 1. The Bertz CT molecular complexity index is 455. The van der Waals surface area contributed by atoms with Crippen molar-refractivity contribution in [3.63, 3.8) is 0 Å². The first-order chi connectivity index (χ1) is 7.20. The van der Waals surface area contributed by atoms with Crippen molar-refractivity contribution in [3.8, 4) is 0 Å². The second kappa shape index (κ2) is 4.07. The smallest absolute Gasteiger partial charge is 0.0488 e. The van der Waals surface area contributed by atoms with Crippen LogP contribution in [0.25, 0.3) is 10.9 Å². The van der Waals surface area contributed by atoms with Crippen LogP contribution in [-0.4, -0.2) is 11.0 Å². The molecule has 0 saturated carbocycles. The molecule has 3 N–H and O–H groups in total. The predicted molar refractivity (Wildman–Crippen MR) is 65.0 cm³/mol. The number of fused-ring (bicyclic) bond motifs is 1. The second-order valence-corrected chi connectivity index (χ2v) is 4.21. The zero-order valence-electron chi connectivity index (χ0n) is 9.38. The summed E-state index contributed by atoms with van der Waals surface area (Å²) in [5.41, 5.74) is 9.69. The summed E-state index contributed by atoms with van der Waals surface area (Å²) in [6.07, 6.45) is 1.98. The van der Waals surface area contributed by atoms with Gasteiger partial charge in [0.05, 0.1) is 0 Å². The summed E-state index contributed by atoms with van der Waals surface area (Å²) < 4.78 is 0. The van der Waals surface area contributed by atoms with Gasteiger partial charge in [-0.1, -0.05) is 25.1 Å². The van der Waals surface area contributed by atoms with E-state index in [-0.39, 0.29) is 6.04 Å². The maximum Gasteiger partial charge on any atom is 0.0488 e. The number of aromatic nitrogens is 1. The number of aryl methyl sites for hydroxylation is 1. The SMILES string of the molecule is CCc1cccc2cc(CC(C)N)[nH]c12. The van der Waals surface area contributed by atoms with Crippen LogP contribution in [-0.2, 0) is 12.8 Å². The lowest BCUT2D eigenvalue weighted by Gasteiger charge is -2.01. The first-order valence-electron chi connectivity index (χ1n) is 5.55. The van der Waals surface area contributed by atoms with Crippen molar-refractivity contribution in [2.75, 3.05) is 0 Å². The van der Waals surface area contributed by atoms with E-state index in [1.807, 2.05) is 6.92 Å². The van der Waals surface area contributed by atoms with Crippen LogP contribution in [0.15, 0.2) is 24.3 Å². The fourth-order valence-corrected chi connectivity index (χ4v) is 2.03. The Morgan fingerprint density at radius 2 is 2.20 bits per heavy atom. The van der Waals surface area contributed by atoms with E-state index in [9.17, 15) is 0 Å².